The van der Waals surface area contributed by atoms with Crippen molar-refractivity contribution in [1.82, 2.24) is 10.2 Å². The quantitative estimate of drug-likeness (QED) is 0.909. The lowest BCUT2D eigenvalue weighted by atomic mass is 10.1. The Morgan fingerprint density at radius 3 is 3.00 bits per heavy atom. The van der Waals surface area contributed by atoms with Crippen molar-refractivity contribution in [3.8, 4) is 11.5 Å². The van der Waals surface area contributed by atoms with Gasteiger partial charge in [0.1, 0.15) is 6.10 Å². The average molecular weight is 332 g/mol. The predicted molar refractivity (Wildman–Crippen MR) is 87.9 cm³/mol. The Bertz CT molecular complexity index is 633. The van der Waals surface area contributed by atoms with Crippen molar-refractivity contribution in [2.24, 2.45) is 0 Å². The van der Waals surface area contributed by atoms with Crippen molar-refractivity contribution >= 4 is 5.91 Å². The first-order chi connectivity index (χ1) is 11.6. The van der Waals surface area contributed by atoms with Crippen molar-refractivity contribution < 1.29 is 19.0 Å². The maximum absolute atomic E-state index is 12.2. The fourth-order valence-corrected chi connectivity index (χ4v) is 3.85. The van der Waals surface area contributed by atoms with Gasteiger partial charge in [-0.1, -0.05) is 6.07 Å². The molecule has 2 fully saturated rings. The Morgan fingerprint density at radius 1 is 1.33 bits per heavy atom. The third kappa shape index (κ3) is 2.96. The molecule has 3 atom stereocenters. The van der Waals surface area contributed by atoms with Crippen molar-refractivity contribution in [3.05, 3.63) is 23.8 Å². The van der Waals surface area contributed by atoms with Crippen LogP contribution in [0.2, 0.25) is 0 Å². The third-order valence-corrected chi connectivity index (χ3v) is 4.94. The van der Waals surface area contributed by atoms with E-state index in [4.69, 9.17) is 14.2 Å². The topological polar surface area (TPSA) is 60.0 Å². The highest BCUT2D eigenvalue weighted by Gasteiger charge is 2.45. The van der Waals surface area contributed by atoms with Gasteiger partial charge in [0, 0.05) is 31.6 Å². The van der Waals surface area contributed by atoms with E-state index in [1.807, 2.05) is 19.9 Å². The fourth-order valence-electron chi connectivity index (χ4n) is 3.85. The van der Waals surface area contributed by atoms with Crippen LogP contribution in [0.1, 0.15) is 32.3 Å². The molecule has 0 aliphatic carbocycles. The standard InChI is InChI=1S/C18H24N2O4/c1-11(2)19-18(21)17-8-13-14(24-17)5-6-20(13)9-12-3-4-15-16(7-12)23-10-22-15/h3-4,7,11,13-14,17H,5-6,8-10H2,1-2H3,(H,19,21)/t13-,14-,17+/m0/s1. The highest BCUT2D eigenvalue weighted by molar-refractivity contribution is 5.81. The number of hydrogen-bond acceptors (Lipinski definition) is 5. The van der Waals surface area contributed by atoms with Crippen LogP contribution in [0.25, 0.3) is 0 Å². The molecule has 130 valence electrons. The van der Waals surface area contributed by atoms with E-state index in [0.29, 0.717) is 12.8 Å². The van der Waals surface area contributed by atoms with Crippen LogP contribution in [0.5, 0.6) is 11.5 Å². The zero-order valence-corrected chi connectivity index (χ0v) is 14.2. The lowest BCUT2D eigenvalue weighted by molar-refractivity contribution is -0.132. The summed E-state index contributed by atoms with van der Waals surface area (Å²) in [6.45, 7) is 6.09. The lowest BCUT2D eigenvalue weighted by Crippen LogP contribution is -2.39. The molecule has 4 rings (SSSR count). The maximum Gasteiger partial charge on any atom is 0.249 e. The minimum Gasteiger partial charge on any atom is -0.454 e. The Balaban J connectivity index is 1.40. The number of fused-ring (bicyclic) bond motifs is 2. The van der Waals surface area contributed by atoms with E-state index in [-0.39, 0.29) is 24.2 Å². The zero-order valence-electron chi connectivity index (χ0n) is 14.2. The Kier molecular flexibility index (Phi) is 4.10. The summed E-state index contributed by atoms with van der Waals surface area (Å²) in [7, 11) is 0. The van der Waals surface area contributed by atoms with E-state index in [0.717, 1.165) is 37.4 Å². The number of carbonyl (C=O) groups excluding carboxylic acids is 1. The summed E-state index contributed by atoms with van der Waals surface area (Å²) in [5.74, 6) is 1.65. The van der Waals surface area contributed by atoms with Crippen LogP contribution in [-0.4, -0.2) is 48.4 Å². The number of amides is 1. The molecule has 1 aromatic carbocycles. The zero-order chi connectivity index (χ0) is 16.7. The number of rotatable bonds is 4. The van der Waals surface area contributed by atoms with Gasteiger partial charge in [-0.15, -0.1) is 0 Å². The van der Waals surface area contributed by atoms with Gasteiger partial charge in [0.2, 0.25) is 12.7 Å². The normalized spacial score (nSPS) is 28.4. The number of nitrogens with one attached hydrogen (secondary N) is 1. The first-order valence-corrected chi connectivity index (χ1v) is 8.68. The summed E-state index contributed by atoms with van der Waals surface area (Å²) < 4.78 is 16.8. The highest BCUT2D eigenvalue weighted by atomic mass is 16.7. The van der Waals surface area contributed by atoms with Gasteiger partial charge < -0.3 is 19.5 Å². The molecule has 1 aromatic rings. The molecular weight excluding hydrogens is 308 g/mol. The van der Waals surface area contributed by atoms with Gasteiger partial charge in [-0.05, 0) is 38.0 Å². The maximum atomic E-state index is 12.2. The number of carbonyl (C=O) groups is 1. The smallest absolute Gasteiger partial charge is 0.249 e. The molecule has 2 saturated heterocycles. The van der Waals surface area contributed by atoms with Crippen LogP contribution < -0.4 is 14.8 Å². The molecule has 0 aromatic heterocycles. The molecule has 24 heavy (non-hydrogen) atoms. The van der Waals surface area contributed by atoms with Crippen LogP contribution in [0.4, 0.5) is 0 Å². The summed E-state index contributed by atoms with van der Waals surface area (Å²) in [5, 5.41) is 2.95. The van der Waals surface area contributed by atoms with Crippen LogP contribution in [0.3, 0.4) is 0 Å². The number of benzene rings is 1. The number of likely N-dealkylation sites (tertiary alicyclic amines) is 1. The van der Waals surface area contributed by atoms with E-state index >= 15 is 0 Å². The lowest BCUT2D eigenvalue weighted by Gasteiger charge is -2.23. The van der Waals surface area contributed by atoms with Crippen LogP contribution in [0, 0.1) is 0 Å². The third-order valence-electron chi connectivity index (χ3n) is 4.94. The highest BCUT2D eigenvalue weighted by Crippen LogP contribution is 2.36. The second-order valence-electron chi connectivity index (χ2n) is 7.08. The van der Waals surface area contributed by atoms with Gasteiger partial charge in [-0.2, -0.15) is 0 Å². The van der Waals surface area contributed by atoms with E-state index in [2.05, 4.69) is 22.3 Å². The van der Waals surface area contributed by atoms with Crippen molar-refractivity contribution in [1.29, 1.82) is 0 Å². The van der Waals surface area contributed by atoms with Crippen LogP contribution >= 0.6 is 0 Å². The molecule has 3 heterocycles. The van der Waals surface area contributed by atoms with Gasteiger partial charge in [0.25, 0.3) is 0 Å². The molecule has 0 spiro atoms. The van der Waals surface area contributed by atoms with E-state index in [9.17, 15) is 4.79 Å². The summed E-state index contributed by atoms with van der Waals surface area (Å²) in [5.41, 5.74) is 1.20. The van der Waals surface area contributed by atoms with Crippen LogP contribution in [0.15, 0.2) is 18.2 Å². The molecule has 1 amide bonds. The number of nitrogens with zero attached hydrogens (tertiary/aromatic N) is 1. The molecule has 6 heteroatoms. The monoisotopic (exact) mass is 332 g/mol. The second-order valence-corrected chi connectivity index (χ2v) is 7.08. The Morgan fingerprint density at radius 2 is 2.17 bits per heavy atom. The first kappa shape index (κ1) is 15.7. The van der Waals surface area contributed by atoms with Gasteiger partial charge in [0.15, 0.2) is 11.5 Å². The fraction of sp³-hybridized carbons (Fsp3) is 0.611. The van der Waals surface area contributed by atoms with Gasteiger partial charge in [0.05, 0.1) is 6.10 Å². The largest absolute Gasteiger partial charge is 0.454 e. The van der Waals surface area contributed by atoms with E-state index in [1.54, 1.807) is 0 Å². The summed E-state index contributed by atoms with van der Waals surface area (Å²) in [4.78, 5) is 14.6. The second kappa shape index (κ2) is 6.26. The minimum atomic E-state index is -0.318. The molecule has 0 bridgehead atoms. The Labute approximate surface area is 142 Å². The first-order valence-electron chi connectivity index (χ1n) is 8.68. The predicted octanol–water partition coefficient (Wildman–Crippen LogP) is 1.67. The average Bonchev–Trinajstić information content (AvgIpc) is 3.22. The van der Waals surface area contributed by atoms with Crippen molar-refractivity contribution in [2.75, 3.05) is 13.3 Å². The van der Waals surface area contributed by atoms with Gasteiger partial charge in [-0.25, -0.2) is 0 Å². The number of ether oxygens (including phenoxy) is 3. The molecule has 0 radical (unpaired) electrons. The minimum absolute atomic E-state index is 0.0161. The molecule has 6 nitrogen and oxygen atoms in total. The molecule has 0 saturated carbocycles. The molecule has 3 aliphatic heterocycles. The molecule has 3 aliphatic rings. The van der Waals surface area contributed by atoms with E-state index in [1.165, 1.54) is 5.56 Å². The van der Waals surface area contributed by atoms with Crippen LogP contribution in [-0.2, 0) is 16.1 Å². The van der Waals surface area contributed by atoms with Crippen molar-refractivity contribution in [2.45, 2.75) is 57.5 Å². The van der Waals surface area contributed by atoms with Gasteiger partial charge >= 0.3 is 0 Å². The Hall–Kier alpha value is -1.79. The van der Waals surface area contributed by atoms with E-state index < -0.39 is 0 Å². The molecule has 1 N–H and O–H groups in total. The summed E-state index contributed by atoms with van der Waals surface area (Å²) in [6, 6.07) is 6.56. The number of hydrogen-bond donors (Lipinski definition) is 1. The molecule has 0 unspecified atom stereocenters. The van der Waals surface area contributed by atoms with Crippen molar-refractivity contribution in [3.63, 3.8) is 0 Å². The summed E-state index contributed by atoms with van der Waals surface area (Å²) in [6.07, 6.45) is 1.61. The van der Waals surface area contributed by atoms with Gasteiger partial charge in [-0.3, -0.25) is 9.69 Å². The molecular formula is C18H24N2O4. The summed E-state index contributed by atoms with van der Waals surface area (Å²) >= 11 is 0. The SMILES string of the molecule is CC(C)NC(=O)[C@H]1C[C@H]2[C@H](CCN2Cc2ccc3c(c2)OCO3)O1.